The van der Waals surface area contributed by atoms with E-state index in [-0.39, 0.29) is 5.92 Å². The lowest BCUT2D eigenvalue weighted by molar-refractivity contribution is 0.157. The molecule has 0 saturated heterocycles. The molecule has 1 aromatic rings. The molecule has 1 rings (SSSR count). The molecule has 2 nitrogen and oxygen atoms in total. The maximum atomic E-state index is 9.58. The van der Waals surface area contributed by atoms with Gasteiger partial charge in [0.2, 0.25) is 0 Å². The summed E-state index contributed by atoms with van der Waals surface area (Å²) in [6, 6.07) is 8.36. The van der Waals surface area contributed by atoms with Crippen molar-refractivity contribution in [1.29, 1.82) is 0 Å². The average molecular weight is 193 g/mol. The van der Waals surface area contributed by atoms with Gasteiger partial charge in [-0.25, -0.2) is 0 Å². The first-order valence-electron chi connectivity index (χ1n) is 5.16. The molecule has 0 amide bonds. The Morgan fingerprint density at radius 2 is 1.86 bits per heavy atom. The van der Waals surface area contributed by atoms with E-state index in [0.29, 0.717) is 6.54 Å². The van der Waals surface area contributed by atoms with E-state index in [1.165, 1.54) is 5.56 Å². The summed E-state index contributed by atoms with van der Waals surface area (Å²) in [6.45, 7) is 4.45. The van der Waals surface area contributed by atoms with Crippen LogP contribution in [0.3, 0.4) is 0 Å². The second-order valence-corrected chi connectivity index (χ2v) is 3.69. The van der Waals surface area contributed by atoms with E-state index < -0.39 is 6.10 Å². The Morgan fingerprint density at radius 1 is 1.29 bits per heavy atom. The Morgan fingerprint density at radius 3 is 2.29 bits per heavy atom. The van der Waals surface area contributed by atoms with Crippen LogP contribution in [0.15, 0.2) is 24.3 Å². The van der Waals surface area contributed by atoms with E-state index in [1.807, 2.05) is 6.92 Å². The van der Waals surface area contributed by atoms with Gasteiger partial charge in [-0.1, -0.05) is 38.1 Å². The largest absolute Gasteiger partial charge is 0.391 e. The lowest BCUT2D eigenvalue weighted by atomic mass is 9.94. The van der Waals surface area contributed by atoms with Gasteiger partial charge in [0.1, 0.15) is 0 Å². The smallest absolute Gasteiger partial charge is 0.0728 e. The molecule has 0 radical (unpaired) electrons. The van der Waals surface area contributed by atoms with Crippen molar-refractivity contribution >= 4 is 0 Å². The van der Waals surface area contributed by atoms with E-state index in [1.54, 1.807) is 0 Å². The highest BCUT2D eigenvalue weighted by Gasteiger charge is 2.13. The van der Waals surface area contributed by atoms with Crippen LogP contribution in [0.5, 0.6) is 0 Å². The monoisotopic (exact) mass is 193 g/mol. The third-order valence-corrected chi connectivity index (χ3v) is 2.73. The van der Waals surface area contributed by atoms with Gasteiger partial charge in [0, 0.05) is 12.5 Å². The molecule has 3 N–H and O–H groups in total. The number of aliphatic hydroxyl groups is 1. The van der Waals surface area contributed by atoms with Gasteiger partial charge in [0.25, 0.3) is 0 Å². The maximum Gasteiger partial charge on any atom is 0.0728 e. The van der Waals surface area contributed by atoms with E-state index in [2.05, 4.69) is 31.2 Å². The molecule has 0 saturated carbocycles. The van der Waals surface area contributed by atoms with Crippen LogP contribution >= 0.6 is 0 Å². The molecule has 0 spiro atoms. The quantitative estimate of drug-likeness (QED) is 0.764. The number of rotatable bonds is 4. The zero-order valence-corrected chi connectivity index (χ0v) is 8.90. The summed E-state index contributed by atoms with van der Waals surface area (Å²) in [7, 11) is 0. The van der Waals surface area contributed by atoms with Gasteiger partial charge in [0.05, 0.1) is 6.10 Å². The highest BCUT2D eigenvalue weighted by molar-refractivity contribution is 5.25. The van der Waals surface area contributed by atoms with Crippen molar-refractivity contribution in [1.82, 2.24) is 0 Å². The first kappa shape index (κ1) is 11.2. The standard InChI is InChI=1S/C12H19NO/c1-3-10-4-6-11(7-5-10)9(2)12(14)8-13/h4-7,9,12,14H,3,8,13H2,1-2H3. The topological polar surface area (TPSA) is 46.2 Å². The normalized spacial score (nSPS) is 15.1. The Hall–Kier alpha value is -0.860. The van der Waals surface area contributed by atoms with Crippen molar-refractivity contribution in [2.75, 3.05) is 6.54 Å². The predicted molar refractivity (Wildman–Crippen MR) is 59.3 cm³/mol. The van der Waals surface area contributed by atoms with Gasteiger partial charge in [-0.2, -0.15) is 0 Å². The zero-order chi connectivity index (χ0) is 10.6. The van der Waals surface area contributed by atoms with Crippen molar-refractivity contribution in [3.05, 3.63) is 35.4 Å². The Bertz CT molecular complexity index is 268. The fourth-order valence-corrected chi connectivity index (χ4v) is 1.48. The molecular weight excluding hydrogens is 174 g/mol. The van der Waals surface area contributed by atoms with Gasteiger partial charge in [-0.3, -0.25) is 0 Å². The van der Waals surface area contributed by atoms with Crippen LogP contribution in [0.1, 0.15) is 30.9 Å². The average Bonchev–Trinajstić information content (AvgIpc) is 2.27. The van der Waals surface area contributed by atoms with E-state index in [4.69, 9.17) is 5.73 Å². The second kappa shape index (κ2) is 5.13. The minimum absolute atomic E-state index is 0.117. The van der Waals surface area contributed by atoms with Crippen molar-refractivity contribution in [3.8, 4) is 0 Å². The minimum Gasteiger partial charge on any atom is -0.391 e. The molecule has 0 fully saturated rings. The van der Waals surface area contributed by atoms with Crippen molar-refractivity contribution in [2.24, 2.45) is 5.73 Å². The minimum atomic E-state index is -0.442. The van der Waals surface area contributed by atoms with Crippen LogP contribution in [0.2, 0.25) is 0 Å². The molecule has 0 bridgehead atoms. The first-order chi connectivity index (χ1) is 6.69. The summed E-state index contributed by atoms with van der Waals surface area (Å²) < 4.78 is 0. The van der Waals surface area contributed by atoms with E-state index in [0.717, 1.165) is 12.0 Å². The van der Waals surface area contributed by atoms with Gasteiger partial charge >= 0.3 is 0 Å². The van der Waals surface area contributed by atoms with Crippen LogP contribution in [0.4, 0.5) is 0 Å². The van der Waals surface area contributed by atoms with Gasteiger partial charge in [-0.05, 0) is 17.5 Å². The molecule has 2 heteroatoms. The summed E-state index contributed by atoms with van der Waals surface area (Å²) in [5, 5.41) is 9.58. The summed E-state index contributed by atoms with van der Waals surface area (Å²) in [4.78, 5) is 0. The maximum absolute atomic E-state index is 9.58. The van der Waals surface area contributed by atoms with Crippen molar-refractivity contribution in [2.45, 2.75) is 32.3 Å². The summed E-state index contributed by atoms with van der Waals surface area (Å²) in [6.07, 6.45) is 0.608. The molecule has 1 aromatic carbocycles. The molecule has 2 atom stereocenters. The van der Waals surface area contributed by atoms with Crippen LogP contribution in [0, 0.1) is 0 Å². The van der Waals surface area contributed by atoms with E-state index in [9.17, 15) is 5.11 Å². The van der Waals surface area contributed by atoms with Crippen LogP contribution in [0.25, 0.3) is 0 Å². The van der Waals surface area contributed by atoms with Gasteiger partial charge < -0.3 is 10.8 Å². The fraction of sp³-hybridized carbons (Fsp3) is 0.500. The summed E-state index contributed by atoms with van der Waals surface area (Å²) in [5.74, 6) is 0.117. The number of hydrogen-bond acceptors (Lipinski definition) is 2. The van der Waals surface area contributed by atoms with Crippen molar-refractivity contribution < 1.29 is 5.11 Å². The number of benzene rings is 1. The molecule has 0 heterocycles. The third kappa shape index (κ3) is 2.56. The Balaban J connectivity index is 2.75. The zero-order valence-electron chi connectivity index (χ0n) is 8.90. The summed E-state index contributed by atoms with van der Waals surface area (Å²) in [5.41, 5.74) is 7.89. The Kier molecular flexibility index (Phi) is 4.11. The van der Waals surface area contributed by atoms with Crippen molar-refractivity contribution in [3.63, 3.8) is 0 Å². The molecule has 78 valence electrons. The lowest BCUT2D eigenvalue weighted by Crippen LogP contribution is -2.25. The second-order valence-electron chi connectivity index (χ2n) is 3.69. The molecule has 2 unspecified atom stereocenters. The first-order valence-corrected chi connectivity index (χ1v) is 5.16. The molecule has 0 aliphatic heterocycles. The van der Waals surface area contributed by atoms with Gasteiger partial charge in [-0.15, -0.1) is 0 Å². The SMILES string of the molecule is CCc1ccc(C(C)C(O)CN)cc1. The number of aliphatic hydroxyl groups excluding tert-OH is 1. The number of aryl methyl sites for hydroxylation is 1. The number of nitrogens with two attached hydrogens (primary N) is 1. The molecule has 0 aliphatic carbocycles. The lowest BCUT2D eigenvalue weighted by Gasteiger charge is -2.17. The van der Waals surface area contributed by atoms with Crippen LogP contribution in [-0.4, -0.2) is 17.8 Å². The predicted octanol–water partition coefficient (Wildman–Crippen LogP) is 1.67. The molecule has 14 heavy (non-hydrogen) atoms. The fourth-order valence-electron chi connectivity index (χ4n) is 1.48. The van der Waals surface area contributed by atoms with Crippen LogP contribution in [-0.2, 0) is 6.42 Å². The Labute approximate surface area is 85.8 Å². The summed E-state index contributed by atoms with van der Waals surface area (Å²) >= 11 is 0. The molecule has 0 aromatic heterocycles. The molecular formula is C12H19NO. The highest BCUT2D eigenvalue weighted by atomic mass is 16.3. The highest BCUT2D eigenvalue weighted by Crippen LogP contribution is 2.19. The molecule has 0 aliphatic rings. The van der Waals surface area contributed by atoms with Crippen LogP contribution < -0.4 is 5.73 Å². The van der Waals surface area contributed by atoms with Gasteiger partial charge in [0.15, 0.2) is 0 Å². The van der Waals surface area contributed by atoms with E-state index >= 15 is 0 Å². The third-order valence-electron chi connectivity index (χ3n) is 2.73. The number of hydrogen-bond donors (Lipinski definition) is 2.